The van der Waals surface area contributed by atoms with Crippen molar-refractivity contribution in [2.24, 2.45) is 4.99 Å². The van der Waals surface area contributed by atoms with Gasteiger partial charge < -0.3 is 20.3 Å². The molecular formula is C23H34IN5O2S. The van der Waals surface area contributed by atoms with Gasteiger partial charge in [-0.05, 0) is 35.6 Å². The quantitative estimate of drug-likeness (QED) is 0.275. The van der Waals surface area contributed by atoms with E-state index in [1.54, 1.807) is 18.4 Å². The van der Waals surface area contributed by atoms with E-state index in [-0.39, 0.29) is 29.9 Å². The van der Waals surface area contributed by atoms with Crippen LogP contribution in [0.1, 0.15) is 16.9 Å². The maximum atomic E-state index is 12.3. The van der Waals surface area contributed by atoms with Crippen LogP contribution < -0.4 is 10.6 Å². The molecule has 1 aromatic carbocycles. The lowest BCUT2D eigenvalue weighted by atomic mass is 10.2. The van der Waals surface area contributed by atoms with E-state index in [0.717, 1.165) is 63.0 Å². The normalized spacial score (nSPS) is 14.5. The van der Waals surface area contributed by atoms with Crippen LogP contribution in [0.5, 0.6) is 0 Å². The van der Waals surface area contributed by atoms with Gasteiger partial charge in [0.2, 0.25) is 5.91 Å². The van der Waals surface area contributed by atoms with E-state index in [4.69, 9.17) is 4.74 Å². The molecule has 0 bridgehead atoms. The number of nitrogens with one attached hydrogen (secondary N) is 2. The van der Waals surface area contributed by atoms with E-state index in [9.17, 15) is 4.79 Å². The summed E-state index contributed by atoms with van der Waals surface area (Å²) in [6.07, 6.45) is 1.49. The molecule has 2 aromatic rings. The number of halogens is 1. The average Bonchev–Trinajstić information content (AvgIpc) is 3.31. The average molecular weight is 572 g/mol. The Balaban J connectivity index is 0.00000363. The van der Waals surface area contributed by atoms with E-state index in [2.05, 4.69) is 49.0 Å². The molecule has 0 aliphatic carbocycles. The van der Waals surface area contributed by atoms with Crippen LogP contribution >= 0.6 is 35.3 Å². The molecule has 176 valence electrons. The molecular weight excluding hydrogens is 537 g/mol. The molecule has 1 aromatic heterocycles. The minimum atomic E-state index is 0. The van der Waals surface area contributed by atoms with Gasteiger partial charge in [0, 0.05) is 63.8 Å². The highest BCUT2D eigenvalue weighted by Crippen LogP contribution is 2.12. The number of amides is 1. The standard InChI is InChI=1S/C23H33N5O2S.HI/c1-24-23(27(2)10-8-21-7-4-16-31-21)25-18-19-5-3-6-20(17-19)26-22(29)9-11-28-12-14-30-15-13-28;/h3-7,16-17H,8-15,18H2,1-2H3,(H,24,25)(H,26,29);1H. The largest absolute Gasteiger partial charge is 0.379 e. The second-order valence-electron chi connectivity index (χ2n) is 7.60. The Morgan fingerprint density at radius 1 is 1.25 bits per heavy atom. The highest BCUT2D eigenvalue weighted by molar-refractivity contribution is 14.0. The summed E-state index contributed by atoms with van der Waals surface area (Å²) < 4.78 is 5.35. The number of ether oxygens (including phenoxy) is 1. The molecule has 2 N–H and O–H groups in total. The van der Waals surface area contributed by atoms with Gasteiger partial charge in [0.15, 0.2) is 5.96 Å². The van der Waals surface area contributed by atoms with E-state index < -0.39 is 0 Å². The Hall–Kier alpha value is -1.69. The predicted molar refractivity (Wildman–Crippen MR) is 143 cm³/mol. The van der Waals surface area contributed by atoms with Gasteiger partial charge in [0.05, 0.1) is 13.2 Å². The molecule has 0 radical (unpaired) electrons. The summed E-state index contributed by atoms with van der Waals surface area (Å²) >= 11 is 1.78. The van der Waals surface area contributed by atoms with Crippen LogP contribution in [-0.4, -0.2) is 75.2 Å². The third-order valence-corrected chi connectivity index (χ3v) is 6.20. The van der Waals surface area contributed by atoms with Gasteiger partial charge >= 0.3 is 0 Å². The Kier molecular flexibility index (Phi) is 12.0. The minimum absolute atomic E-state index is 0. The van der Waals surface area contributed by atoms with Crippen molar-refractivity contribution in [3.05, 3.63) is 52.2 Å². The molecule has 0 spiro atoms. The number of aliphatic imine (C=N–C) groups is 1. The van der Waals surface area contributed by atoms with Crippen LogP contribution in [0.4, 0.5) is 5.69 Å². The Bertz CT molecular complexity index is 841. The molecule has 1 aliphatic rings. The lowest BCUT2D eigenvalue weighted by Crippen LogP contribution is -2.39. The van der Waals surface area contributed by atoms with E-state index in [1.165, 1.54) is 4.88 Å². The van der Waals surface area contributed by atoms with Gasteiger partial charge in [-0.2, -0.15) is 0 Å². The minimum Gasteiger partial charge on any atom is -0.379 e. The zero-order valence-electron chi connectivity index (χ0n) is 18.9. The number of hydrogen-bond donors (Lipinski definition) is 2. The van der Waals surface area contributed by atoms with E-state index in [1.807, 2.05) is 25.2 Å². The molecule has 2 heterocycles. The van der Waals surface area contributed by atoms with Gasteiger partial charge in [0.1, 0.15) is 0 Å². The smallest absolute Gasteiger partial charge is 0.225 e. The number of nitrogens with zero attached hydrogens (tertiary/aromatic N) is 3. The summed E-state index contributed by atoms with van der Waals surface area (Å²) in [6, 6.07) is 12.2. The number of thiophene rings is 1. The number of anilines is 1. The van der Waals surface area contributed by atoms with Crippen LogP contribution in [0.15, 0.2) is 46.8 Å². The number of morpholine rings is 1. The van der Waals surface area contributed by atoms with Gasteiger partial charge in [0.25, 0.3) is 0 Å². The SMILES string of the molecule is CN=C(NCc1cccc(NC(=O)CCN2CCOCC2)c1)N(C)CCc1cccs1.I. The number of hydrogen-bond acceptors (Lipinski definition) is 5. The summed E-state index contributed by atoms with van der Waals surface area (Å²) in [4.78, 5) is 22.5. The van der Waals surface area contributed by atoms with Crippen molar-refractivity contribution in [3.63, 3.8) is 0 Å². The Morgan fingerprint density at radius 2 is 2.06 bits per heavy atom. The van der Waals surface area contributed by atoms with Gasteiger partial charge in [-0.1, -0.05) is 18.2 Å². The molecule has 0 atom stereocenters. The number of benzene rings is 1. The van der Waals surface area contributed by atoms with Crippen LogP contribution in [0.3, 0.4) is 0 Å². The lowest BCUT2D eigenvalue weighted by molar-refractivity contribution is -0.116. The van der Waals surface area contributed by atoms with Crippen molar-refractivity contribution in [1.82, 2.24) is 15.1 Å². The third kappa shape index (κ3) is 9.05. The van der Waals surface area contributed by atoms with Gasteiger partial charge in [-0.3, -0.25) is 14.7 Å². The molecule has 3 rings (SSSR count). The second-order valence-corrected chi connectivity index (χ2v) is 8.64. The number of carbonyl (C=O) groups excluding carboxylic acids is 1. The van der Waals surface area contributed by atoms with Crippen molar-refractivity contribution < 1.29 is 9.53 Å². The van der Waals surface area contributed by atoms with E-state index in [0.29, 0.717) is 13.0 Å². The molecule has 1 amide bonds. The highest BCUT2D eigenvalue weighted by Gasteiger charge is 2.12. The monoisotopic (exact) mass is 571 g/mol. The van der Waals surface area contributed by atoms with Crippen molar-refractivity contribution in [1.29, 1.82) is 0 Å². The summed E-state index contributed by atoms with van der Waals surface area (Å²) in [5, 5.41) is 8.54. The summed E-state index contributed by atoms with van der Waals surface area (Å²) in [5.41, 5.74) is 1.92. The third-order valence-electron chi connectivity index (χ3n) is 5.27. The topological polar surface area (TPSA) is 69.2 Å². The Labute approximate surface area is 212 Å². The molecule has 1 fully saturated rings. The van der Waals surface area contributed by atoms with Crippen LogP contribution in [0, 0.1) is 0 Å². The molecule has 7 nitrogen and oxygen atoms in total. The summed E-state index contributed by atoms with van der Waals surface area (Å²) in [6.45, 7) is 5.62. The van der Waals surface area contributed by atoms with Crippen molar-refractivity contribution in [2.75, 3.05) is 58.8 Å². The maximum Gasteiger partial charge on any atom is 0.225 e. The first kappa shape index (κ1) is 26.6. The van der Waals surface area contributed by atoms with Crippen molar-refractivity contribution >= 4 is 52.9 Å². The second kappa shape index (κ2) is 14.5. The summed E-state index contributed by atoms with van der Waals surface area (Å²) in [5.74, 6) is 0.900. The Morgan fingerprint density at radius 3 is 2.78 bits per heavy atom. The number of rotatable bonds is 9. The first-order valence-corrected chi connectivity index (χ1v) is 11.6. The molecule has 0 unspecified atom stereocenters. The maximum absolute atomic E-state index is 12.3. The van der Waals surface area contributed by atoms with Crippen molar-refractivity contribution in [2.45, 2.75) is 19.4 Å². The molecule has 1 saturated heterocycles. The predicted octanol–water partition coefficient (Wildman–Crippen LogP) is 3.28. The fourth-order valence-electron chi connectivity index (χ4n) is 3.47. The fraction of sp³-hybridized carbons (Fsp3) is 0.478. The molecule has 32 heavy (non-hydrogen) atoms. The zero-order valence-corrected chi connectivity index (χ0v) is 22.0. The lowest BCUT2D eigenvalue weighted by Gasteiger charge is -2.26. The fourth-order valence-corrected chi connectivity index (χ4v) is 4.17. The van der Waals surface area contributed by atoms with Crippen LogP contribution in [0.2, 0.25) is 0 Å². The number of likely N-dealkylation sites (N-methyl/N-ethyl adjacent to an activating group) is 1. The summed E-state index contributed by atoms with van der Waals surface area (Å²) in [7, 11) is 3.85. The van der Waals surface area contributed by atoms with Crippen molar-refractivity contribution in [3.8, 4) is 0 Å². The molecule has 9 heteroatoms. The van der Waals surface area contributed by atoms with E-state index >= 15 is 0 Å². The van der Waals surface area contributed by atoms with Crippen LogP contribution in [-0.2, 0) is 22.5 Å². The first-order valence-electron chi connectivity index (χ1n) is 10.8. The zero-order chi connectivity index (χ0) is 21.9. The molecule has 1 aliphatic heterocycles. The van der Waals surface area contributed by atoms with Crippen LogP contribution in [0.25, 0.3) is 0 Å². The highest BCUT2D eigenvalue weighted by atomic mass is 127. The molecule has 0 saturated carbocycles. The number of carbonyl (C=O) groups is 1. The number of guanidine groups is 1. The van der Waals surface area contributed by atoms with Gasteiger partial charge in [-0.15, -0.1) is 35.3 Å². The first-order chi connectivity index (χ1) is 15.1. The van der Waals surface area contributed by atoms with Gasteiger partial charge in [-0.25, -0.2) is 0 Å².